The van der Waals surface area contributed by atoms with Crippen LogP contribution in [0.2, 0.25) is 10.0 Å². The molecule has 2 aliphatic heterocycles. The van der Waals surface area contributed by atoms with E-state index in [1.807, 2.05) is 0 Å². The van der Waals surface area contributed by atoms with E-state index in [1.165, 1.54) is 16.4 Å². The van der Waals surface area contributed by atoms with Crippen molar-refractivity contribution in [3.63, 3.8) is 0 Å². The maximum absolute atomic E-state index is 13.0. The highest BCUT2D eigenvalue weighted by atomic mass is 35.5. The highest BCUT2D eigenvalue weighted by molar-refractivity contribution is 7.89. The Morgan fingerprint density at radius 3 is 2.27 bits per heavy atom. The zero-order valence-corrected chi connectivity index (χ0v) is 18.3. The van der Waals surface area contributed by atoms with Crippen LogP contribution in [-0.4, -0.2) is 44.9 Å². The number of piperidine rings is 1. The number of ether oxygens (including phenoxy) is 2. The number of amides is 1. The zero-order valence-electron chi connectivity index (χ0n) is 15.9. The number of nitrogens with zero attached hydrogens (tertiary/aromatic N) is 1. The van der Waals surface area contributed by atoms with E-state index in [9.17, 15) is 13.2 Å². The van der Waals surface area contributed by atoms with Crippen LogP contribution >= 0.6 is 23.2 Å². The second-order valence-corrected chi connectivity index (χ2v) is 9.94. The third-order valence-corrected chi connectivity index (χ3v) is 7.44. The minimum absolute atomic E-state index is 0.156. The SMILES string of the molecule is O=C(Nc1cc(Cl)cc(Cl)c1)C1CCN(S(=O)(=O)c2ccc3c(c2)OCCO3)CC1. The second-order valence-electron chi connectivity index (χ2n) is 7.13. The molecule has 2 heterocycles. The van der Waals surface area contributed by atoms with Crippen molar-refractivity contribution in [2.45, 2.75) is 17.7 Å². The van der Waals surface area contributed by atoms with Gasteiger partial charge in [0.05, 0.1) is 4.90 Å². The summed E-state index contributed by atoms with van der Waals surface area (Å²) < 4.78 is 38.4. The number of hydrogen-bond donors (Lipinski definition) is 1. The van der Waals surface area contributed by atoms with Crippen molar-refractivity contribution in [3.05, 3.63) is 46.4 Å². The van der Waals surface area contributed by atoms with Crippen LogP contribution in [0, 0.1) is 5.92 Å². The molecule has 2 aliphatic rings. The van der Waals surface area contributed by atoms with Gasteiger partial charge in [0.2, 0.25) is 15.9 Å². The molecule has 0 aliphatic carbocycles. The fraction of sp³-hybridized carbons (Fsp3) is 0.350. The van der Waals surface area contributed by atoms with Crippen LogP contribution in [0.3, 0.4) is 0 Å². The number of hydrogen-bond acceptors (Lipinski definition) is 5. The largest absolute Gasteiger partial charge is 0.486 e. The molecule has 2 aromatic carbocycles. The fourth-order valence-corrected chi connectivity index (χ4v) is 5.57. The Morgan fingerprint density at radius 2 is 1.60 bits per heavy atom. The zero-order chi connectivity index (χ0) is 21.3. The lowest BCUT2D eigenvalue weighted by Crippen LogP contribution is -2.41. The lowest BCUT2D eigenvalue weighted by atomic mass is 9.97. The lowest BCUT2D eigenvalue weighted by molar-refractivity contribution is -0.120. The van der Waals surface area contributed by atoms with Gasteiger partial charge >= 0.3 is 0 Å². The lowest BCUT2D eigenvalue weighted by Gasteiger charge is -2.31. The number of anilines is 1. The van der Waals surface area contributed by atoms with Crippen molar-refractivity contribution < 1.29 is 22.7 Å². The first-order valence-electron chi connectivity index (χ1n) is 9.50. The van der Waals surface area contributed by atoms with Crippen LogP contribution in [0.1, 0.15) is 12.8 Å². The van der Waals surface area contributed by atoms with Crippen LogP contribution < -0.4 is 14.8 Å². The second kappa shape index (κ2) is 8.63. The predicted molar refractivity (Wildman–Crippen MR) is 114 cm³/mol. The summed E-state index contributed by atoms with van der Waals surface area (Å²) in [6.07, 6.45) is 0.841. The molecule has 0 spiro atoms. The van der Waals surface area contributed by atoms with Gasteiger partial charge in [-0.3, -0.25) is 4.79 Å². The fourth-order valence-electron chi connectivity index (χ4n) is 3.56. The summed E-state index contributed by atoms with van der Waals surface area (Å²) in [6, 6.07) is 9.44. The first kappa shape index (κ1) is 21.2. The summed E-state index contributed by atoms with van der Waals surface area (Å²) >= 11 is 11.9. The Kier molecular flexibility index (Phi) is 6.11. The number of benzene rings is 2. The van der Waals surface area contributed by atoms with Crippen molar-refractivity contribution in [1.29, 1.82) is 0 Å². The van der Waals surface area contributed by atoms with E-state index in [-0.39, 0.29) is 29.8 Å². The van der Waals surface area contributed by atoms with Gasteiger partial charge in [-0.1, -0.05) is 23.2 Å². The van der Waals surface area contributed by atoms with Crippen LogP contribution in [-0.2, 0) is 14.8 Å². The van der Waals surface area contributed by atoms with E-state index < -0.39 is 10.0 Å². The molecular formula is C20H20Cl2N2O5S. The van der Waals surface area contributed by atoms with Crippen molar-refractivity contribution in [3.8, 4) is 11.5 Å². The van der Waals surface area contributed by atoms with E-state index in [0.717, 1.165) is 0 Å². The number of rotatable bonds is 4. The van der Waals surface area contributed by atoms with Crippen molar-refractivity contribution >= 4 is 44.8 Å². The van der Waals surface area contributed by atoms with Gasteiger partial charge < -0.3 is 14.8 Å². The minimum Gasteiger partial charge on any atom is -0.486 e. The molecule has 0 unspecified atom stereocenters. The first-order valence-corrected chi connectivity index (χ1v) is 11.7. The van der Waals surface area contributed by atoms with E-state index in [2.05, 4.69) is 5.32 Å². The topological polar surface area (TPSA) is 84.9 Å². The van der Waals surface area contributed by atoms with E-state index in [4.69, 9.17) is 32.7 Å². The normalized spacial score (nSPS) is 17.5. The number of halogens is 2. The van der Waals surface area contributed by atoms with Gasteiger partial charge in [0.1, 0.15) is 13.2 Å². The Hall–Kier alpha value is -2.00. The van der Waals surface area contributed by atoms with Gasteiger partial charge in [0.25, 0.3) is 0 Å². The number of carbonyl (C=O) groups is 1. The third kappa shape index (κ3) is 4.51. The molecule has 1 amide bonds. The average Bonchev–Trinajstić information content (AvgIpc) is 2.72. The van der Waals surface area contributed by atoms with Crippen LogP contribution in [0.5, 0.6) is 11.5 Å². The highest BCUT2D eigenvalue weighted by Gasteiger charge is 2.33. The molecule has 7 nitrogen and oxygen atoms in total. The van der Waals surface area contributed by atoms with Gasteiger partial charge in [0, 0.05) is 40.8 Å². The van der Waals surface area contributed by atoms with E-state index in [1.54, 1.807) is 24.3 Å². The van der Waals surface area contributed by atoms with Crippen molar-refractivity contribution in [1.82, 2.24) is 4.31 Å². The minimum atomic E-state index is -3.68. The van der Waals surface area contributed by atoms with Crippen LogP contribution in [0.15, 0.2) is 41.3 Å². The monoisotopic (exact) mass is 470 g/mol. The molecule has 1 fully saturated rings. The Bertz CT molecular complexity index is 1050. The summed E-state index contributed by atoms with van der Waals surface area (Å²) in [6.45, 7) is 1.33. The highest BCUT2D eigenvalue weighted by Crippen LogP contribution is 2.34. The van der Waals surface area contributed by atoms with E-state index in [0.29, 0.717) is 53.3 Å². The number of nitrogens with one attached hydrogen (secondary N) is 1. The van der Waals surface area contributed by atoms with Crippen LogP contribution in [0.25, 0.3) is 0 Å². The molecule has 1 saturated heterocycles. The quantitative estimate of drug-likeness (QED) is 0.734. The van der Waals surface area contributed by atoms with Crippen molar-refractivity contribution in [2.75, 3.05) is 31.6 Å². The standard InChI is InChI=1S/C20H20Cl2N2O5S/c21-14-9-15(22)11-16(10-14)23-20(25)13-3-5-24(6-4-13)30(26,27)17-1-2-18-19(12-17)29-8-7-28-18/h1-2,9-13H,3-8H2,(H,23,25). The number of carbonyl (C=O) groups excluding carboxylic acids is 1. The molecule has 2 aromatic rings. The smallest absolute Gasteiger partial charge is 0.243 e. The molecule has 10 heteroatoms. The summed E-state index contributed by atoms with van der Waals surface area (Å²) in [5.74, 6) is 0.493. The van der Waals surface area contributed by atoms with E-state index >= 15 is 0 Å². The first-order chi connectivity index (χ1) is 14.3. The Labute approximate surface area is 184 Å². The molecule has 0 bridgehead atoms. The molecule has 0 saturated carbocycles. The van der Waals surface area contributed by atoms with Gasteiger partial charge in [-0.2, -0.15) is 4.31 Å². The third-order valence-electron chi connectivity index (χ3n) is 5.11. The maximum Gasteiger partial charge on any atom is 0.243 e. The summed E-state index contributed by atoms with van der Waals surface area (Å²) in [4.78, 5) is 12.7. The predicted octanol–water partition coefficient (Wildman–Crippen LogP) is 3.80. The molecule has 0 aromatic heterocycles. The molecule has 160 valence electrons. The van der Waals surface area contributed by atoms with Gasteiger partial charge in [-0.25, -0.2) is 8.42 Å². The maximum atomic E-state index is 13.0. The summed E-state index contributed by atoms with van der Waals surface area (Å²) in [7, 11) is -3.68. The average molecular weight is 471 g/mol. The molecule has 4 rings (SSSR count). The summed E-state index contributed by atoms with van der Waals surface area (Å²) in [5, 5.41) is 3.66. The number of sulfonamides is 1. The molecular weight excluding hydrogens is 451 g/mol. The van der Waals surface area contributed by atoms with Gasteiger partial charge in [-0.15, -0.1) is 0 Å². The van der Waals surface area contributed by atoms with Crippen molar-refractivity contribution in [2.24, 2.45) is 5.92 Å². The van der Waals surface area contributed by atoms with Crippen LogP contribution in [0.4, 0.5) is 5.69 Å². The molecule has 1 N–H and O–H groups in total. The van der Waals surface area contributed by atoms with Gasteiger partial charge in [-0.05, 0) is 43.2 Å². The molecule has 30 heavy (non-hydrogen) atoms. The molecule has 0 atom stereocenters. The van der Waals surface area contributed by atoms with Gasteiger partial charge in [0.15, 0.2) is 11.5 Å². The summed E-state index contributed by atoms with van der Waals surface area (Å²) in [5.41, 5.74) is 0.517. The molecule has 0 radical (unpaired) electrons. The number of fused-ring (bicyclic) bond motifs is 1. The Balaban J connectivity index is 1.40. The Morgan fingerprint density at radius 1 is 0.967 bits per heavy atom.